The minimum Gasteiger partial charge on any atom is -0.473 e. The Morgan fingerprint density at radius 3 is 2.07 bits per heavy atom. The number of piperidine rings is 1. The topological polar surface area (TPSA) is 64.1 Å². The van der Waals surface area contributed by atoms with Crippen molar-refractivity contribution in [3.8, 4) is 22.9 Å². The van der Waals surface area contributed by atoms with Crippen LogP contribution in [0.3, 0.4) is 0 Å². The van der Waals surface area contributed by atoms with E-state index in [9.17, 15) is 5.11 Å². The first kappa shape index (κ1) is 28.1. The van der Waals surface area contributed by atoms with Crippen molar-refractivity contribution in [2.24, 2.45) is 5.92 Å². The lowest BCUT2D eigenvalue weighted by Gasteiger charge is -2.40. The van der Waals surface area contributed by atoms with Crippen LogP contribution in [0.1, 0.15) is 30.4 Å². The Kier molecular flexibility index (Phi) is 8.35. The fourth-order valence-corrected chi connectivity index (χ4v) is 5.84. The second-order valence-corrected chi connectivity index (χ2v) is 11.1. The van der Waals surface area contributed by atoms with E-state index in [0.29, 0.717) is 37.9 Å². The standard InChI is InChI=1S/C34H34F2N2O4/c35-29-17-27(38-15-13-34(14-16-38)19-26(20-39)23-42-34)18-30(36)32(29)28-11-12-31(40-21-24-7-3-1-4-8-24)37-33(28)41-22-25-9-5-2-6-10-25/h1-12,17-18,26,39H,13-16,19-23H2. The van der Waals surface area contributed by atoms with Crippen LogP contribution in [0.5, 0.6) is 11.8 Å². The number of aliphatic hydroxyl groups excluding tert-OH is 1. The van der Waals surface area contributed by atoms with Gasteiger partial charge in [0.05, 0.1) is 23.3 Å². The number of rotatable bonds is 9. The van der Waals surface area contributed by atoms with E-state index in [1.54, 1.807) is 12.1 Å². The summed E-state index contributed by atoms with van der Waals surface area (Å²) in [4.78, 5) is 6.50. The number of aromatic nitrogens is 1. The highest BCUT2D eigenvalue weighted by Crippen LogP contribution is 2.41. The van der Waals surface area contributed by atoms with Crippen LogP contribution in [-0.2, 0) is 18.0 Å². The van der Waals surface area contributed by atoms with Gasteiger partial charge in [-0.25, -0.2) is 8.78 Å². The zero-order chi connectivity index (χ0) is 28.9. The predicted molar refractivity (Wildman–Crippen MR) is 156 cm³/mol. The Bertz CT molecular complexity index is 1470. The number of pyridine rings is 1. The number of hydrogen-bond donors (Lipinski definition) is 1. The molecular formula is C34H34F2N2O4. The Morgan fingerprint density at radius 1 is 0.857 bits per heavy atom. The number of anilines is 1. The molecule has 8 heteroatoms. The van der Waals surface area contributed by atoms with Gasteiger partial charge < -0.3 is 24.2 Å². The monoisotopic (exact) mass is 572 g/mol. The molecule has 2 saturated heterocycles. The van der Waals surface area contributed by atoms with Gasteiger partial charge in [0.15, 0.2) is 0 Å². The lowest BCUT2D eigenvalue weighted by molar-refractivity contribution is -0.0156. The molecule has 0 aliphatic carbocycles. The molecule has 1 aromatic heterocycles. The third-order valence-corrected chi connectivity index (χ3v) is 8.16. The molecular weight excluding hydrogens is 538 g/mol. The van der Waals surface area contributed by atoms with Crippen molar-refractivity contribution in [1.82, 2.24) is 4.98 Å². The molecule has 6 rings (SSSR count). The van der Waals surface area contributed by atoms with Crippen LogP contribution in [0.25, 0.3) is 11.1 Å². The van der Waals surface area contributed by atoms with Crippen LogP contribution in [0.15, 0.2) is 84.9 Å². The SMILES string of the molecule is OCC1COC2(CCN(c3cc(F)c(-c4ccc(OCc5ccccc5)nc4OCc4ccccc4)c(F)c3)CC2)C1. The Labute approximate surface area is 244 Å². The van der Waals surface area contributed by atoms with Gasteiger partial charge in [0.2, 0.25) is 11.8 Å². The van der Waals surface area contributed by atoms with Gasteiger partial charge in [0.1, 0.15) is 24.8 Å². The maximum absolute atomic E-state index is 15.7. The number of aliphatic hydroxyl groups is 1. The van der Waals surface area contributed by atoms with Crippen LogP contribution in [-0.4, -0.2) is 42.0 Å². The second kappa shape index (κ2) is 12.5. The molecule has 0 saturated carbocycles. The van der Waals surface area contributed by atoms with Crippen molar-refractivity contribution < 1.29 is 28.1 Å². The zero-order valence-corrected chi connectivity index (χ0v) is 23.3. The van der Waals surface area contributed by atoms with E-state index in [0.717, 1.165) is 30.4 Å². The van der Waals surface area contributed by atoms with Crippen LogP contribution in [0.2, 0.25) is 0 Å². The third kappa shape index (κ3) is 6.25. The van der Waals surface area contributed by atoms with E-state index in [2.05, 4.69) is 4.98 Å². The van der Waals surface area contributed by atoms with Gasteiger partial charge in [-0.15, -0.1) is 0 Å². The Hall–Kier alpha value is -4.01. The highest BCUT2D eigenvalue weighted by Gasteiger charge is 2.42. The summed E-state index contributed by atoms with van der Waals surface area (Å²) in [6.07, 6.45) is 2.32. The summed E-state index contributed by atoms with van der Waals surface area (Å²) in [7, 11) is 0. The van der Waals surface area contributed by atoms with Gasteiger partial charge in [0, 0.05) is 37.4 Å². The summed E-state index contributed by atoms with van der Waals surface area (Å²) in [5.74, 6) is -0.832. The maximum atomic E-state index is 15.7. The molecule has 0 radical (unpaired) electrons. The molecule has 0 amide bonds. The van der Waals surface area contributed by atoms with E-state index in [1.165, 1.54) is 12.1 Å². The number of nitrogens with zero attached hydrogens (tertiary/aromatic N) is 2. The maximum Gasteiger partial charge on any atom is 0.225 e. The molecule has 4 aromatic rings. The lowest BCUT2D eigenvalue weighted by Crippen LogP contribution is -2.44. The minimum atomic E-state index is -0.688. The second-order valence-electron chi connectivity index (χ2n) is 11.1. The van der Waals surface area contributed by atoms with E-state index in [-0.39, 0.29) is 41.7 Å². The molecule has 3 heterocycles. The Morgan fingerprint density at radius 2 is 1.48 bits per heavy atom. The van der Waals surface area contributed by atoms with Crippen molar-refractivity contribution in [3.05, 3.63) is 108 Å². The smallest absolute Gasteiger partial charge is 0.225 e. The van der Waals surface area contributed by atoms with Crippen LogP contribution in [0.4, 0.5) is 14.5 Å². The zero-order valence-electron chi connectivity index (χ0n) is 23.3. The predicted octanol–water partition coefficient (Wildman–Crippen LogP) is 6.55. The fourth-order valence-electron chi connectivity index (χ4n) is 5.84. The molecule has 3 aromatic carbocycles. The molecule has 2 aliphatic rings. The van der Waals surface area contributed by atoms with Gasteiger partial charge in [-0.2, -0.15) is 4.98 Å². The van der Waals surface area contributed by atoms with E-state index >= 15 is 8.78 Å². The molecule has 218 valence electrons. The van der Waals surface area contributed by atoms with Gasteiger partial charge in [0.25, 0.3) is 0 Å². The van der Waals surface area contributed by atoms with Crippen LogP contribution >= 0.6 is 0 Å². The average Bonchev–Trinajstić information content (AvgIpc) is 3.43. The largest absolute Gasteiger partial charge is 0.473 e. The molecule has 42 heavy (non-hydrogen) atoms. The van der Waals surface area contributed by atoms with Gasteiger partial charge >= 0.3 is 0 Å². The van der Waals surface area contributed by atoms with Crippen molar-refractivity contribution in [1.29, 1.82) is 0 Å². The molecule has 2 fully saturated rings. The number of benzene rings is 3. The van der Waals surface area contributed by atoms with E-state index in [1.807, 2.05) is 65.6 Å². The Balaban J connectivity index is 1.24. The van der Waals surface area contributed by atoms with E-state index < -0.39 is 11.6 Å². The highest BCUT2D eigenvalue weighted by molar-refractivity contribution is 5.72. The summed E-state index contributed by atoms with van der Waals surface area (Å²) in [6, 6.07) is 25.2. The summed E-state index contributed by atoms with van der Waals surface area (Å²) in [5.41, 5.74) is 2.13. The normalized spacial score (nSPS) is 17.9. The summed E-state index contributed by atoms with van der Waals surface area (Å²) in [5, 5.41) is 9.50. The third-order valence-electron chi connectivity index (χ3n) is 8.16. The molecule has 0 bridgehead atoms. The summed E-state index contributed by atoms with van der Waals surface area (Å²) >= 11 is 0. The minimum absolute atomic E-state index is 0.0895. The van der Waals surface area contributed by atoms with Crippen LogP contribution < -0.4 is 14.4 Å². The van der Waals surface area contributed by atoms with Crippen molar-refractivity contribution >= 4 is 5.69 Å². The molecule has 2 aliphatic heterocycles. The molecule has 6 nitrogen and oxygen atoms in total. The van der Waals surface area contributed by atoms with Crippen molar-refractivity contribution in [2.75, 3.05) is 31.2 Å². The highest BCUT2D eigenvalue weighted by atomic mass is 19.1. The first-order valence-electron chi connectivity index (χ1n) is 14.4. The molecule has 1 unspecified atom stereocenters. The first-order valence-corrected chi connectivity index (χ1v) is 14.4. The number of ether oxygens (including phenoxy) is 3. The van der Waals surface area contributed by atoms with Crippen molar-refractivity contribution in [3.63, 3.8) is 0 Å². The number of hydrogen-bond acceptors (Lipinski definition) is 6. The molecule has 1 atom stereocenters. The van der Waals surface area contributed by atoms with Gasteiger partial charge in [-0.3, -0.25) is 0 Å². The quantitative estimate of drug-likeness (QED) is 0.245. The van der Waals surface area contributed by atoms with Crippen molar-refractivity contribution in [2.45, 2.75) is 38.1 Å². The van der Waals surface area contributed by atoms with Crippen LogP contribution in [0, 0.1) is 17.6 Å². The summed E-state index contributed by atoms with van der Waals surface area (Å²) < 4.78 is 49.4. The molecule has 1 spiro atoms. The fraction of sp³-hybridized carbons (Fsp3) is 0.324. The summed E-state index contributed by atoms with van der Waals surface area (Å²) in [6.45, 7) is 2.40. The lowest BCUT2D eigenvalue weighted by atomic mass is 9.85. The molecule has 1 N–H and O–H groups in total. The van der Waals surface area contributed by atoms with E-state index in [4.69, 9.17) is 14.2 Å². The first-order chi connectivity index (χ1) is 20.5. The van der Waals surface area contributed by atoms with Gasteiger partial charge in [-0.1, -0.05) is 60.7 Å². The number of halogens is 2. The van der Waals surface area contributed by atoms with Gasteiger partial charge in [-0.05, 0) is 48.6 Å². The average molecular weight is 573 g/mol.